The average molecular weight is 292 g/mol. The van der Waals surface area contributed by atoms with Crippen LogP contribution in [0.2, 0.25) is 0 Å². The third-order valence-electron chi connectivity index (χ3n) is 3.53. The molecule has 2 heterocycles. The summed E-state index contributed by atoms with van der Waals surface area (Å²) in [6.45, 7) is 2.18. The van der Waals surface area contributed by atoms with Crippen LogP contribution in [-0.2, 0) is 4.74 Å². The van der Waals surface area contributed by atoms with Crippen molar-refractivity contribution in [3.8, 4) is 0 Å². The fraction of sp³-hybridized carbons (Fsp3) is 0.286. The van der Waals surface area contributed by atoms with E-state index in [2.05, 4.69) is 4.98 Å². The largest absolute Gasteiger partial charge is 0.477 e. The first-order chi connectivity index (χ1) is 10.1. The first-order valence-electron chi connectivity index (χ1n) is 6.49. The number of aromatic nitrogens is 1. The van der Waals surface area contributed by atoms with E-state index < -0.39 is 22.8 Å². The number of aromatic carboxylic acids is 1. The lowest BCUT2D eigenvalue weighted by atomic mass is 10.1. The van der Waals surface area contributed by atoms with Gasteiger partial charge in [-0.1, -0.05) is 0 Å². The van der Waals surface area contributed by atoms with Crippen molar-refractivity contribution in [2.45, 2.75) is 0 Å². The van der Waals surface area contributed by atoms with Gasteiger partial charge in [0.2, 0.25) is 5.43 Å². The molecule has 2 aromatic rings. The molecule has 1 saturated heterocycles. The van der Waals surface area contributed by atoms with Gasteiger partial charge in [0.1, 0.15) is 11.4 Å². The van der Waals surface area contributed by atoms with Crippen molar-refractivity contribution in [1.82, 2.24) is 4.98 Å². The van der Waals surface area contributed by atoms with Crippen LogP contribution < -0.4 is 10.3 Å². The number of hydrogen-bond donors (Lipinski definition) is 2. The first kappa shape index (κ1) is 13.6. The summed E-state index contributed by atoms with van der Waals surface area (Å²) < 4.78 is 19.5. The van der Waals surface area contributed by atoms with Crippen LogP contribution in [0, 0.1) is 5.82 Å². The molecule has 0 spiro atoms. The van der Waals surface area contributed by atoms with Gasteiger partial charge in [-0.25, -0.2) is 9.18 Å². The number of carbonyl (C=O) groups is 1. The summed E-state index contributed by atoms with van der Waals surface area (Å²) >= 11 is 0. The van der Waals surface area contributed by atoms with Crippen molar-refractivity contribution in [2.75, 3.05) is 31.2 Å². The molecule has 1 aliphatic heterocycles. The van der Waals surface area contributed by atoms with Gasteiger partial charge in [0, 0.05) is 24.7 Å². The lowest BCUT2D eigenvalue weighted by Gasteiger charge is -2.29. The van der Waals surface area contributed by atoms with E-state index >= 15 is 0 Å². The highest BCUT2D eigenvalue weighted by molar-refractivity contribution is 5.93. The number of nitrogens with one attached hydrogen (secondary N) is 1. The molecule has 1 fully saturated rings. The lowest BCUT2D eigenvalue weighted by molar-refractivity contribution is 0.0695. The quantitative estimate of drug-likeness (QED) is 0.869. The van der Waals surface area contributed by atoms with E-state index in [0.717, 1.165) is 12.3 Å². The highest BCUT2D eigenvalue weighted by Crippen LogP contribution is 2.24. The zero-order valence-corrected chi connectivity index (χ0v) is 11.1. The topological polar surface area (TPSA) is 82.6 Å². The predicted molar refractivity (Wildman–Crippen MR) is 74.5 cm³/mol. The Kier molecular flexibility index (Phi) is 3.34. The molecule has 0 radical (unpaired) electrons. The summed E-state index contributed by atoms with van der Waals surface area (Å²) in [5.74, 6) is -1.88. The van der Waals surface area contributed by atoms with Crippen LogP contribution in [0.3, 0.4) is 0 Å². The van der Waals surface area contributed by atoms with E-state index in [1.54, 1.807) is 0 Å². The number of benzene rings is 1. The molecule has 2 N–H and O–H groups in total. The molecule has 0 unspecified atom stereocenters. The molecule has 1 aromatic heterocycles. The van der Waals surface area contributed by atoms with Crippen molar-refractivity contribution in [2.24, 2.45) is 0 Å². The minimum absolute atomic E-state index is 0.0319. The smallest absolute Gasteiger partial charge is 0.341 e. The van der Waals surface area contributed by atoms with Gasteiger partial charge in [0.25, 0.3) is 0 Å². The molecule has 0 bridgehead atoms. The number of aromatic amines is 1. The molecule has 6 nitrogen and oxygen atoms in total. The SMILES string of the molecule is O=C(O)c1c[nH]c2cc(N3CCOCC3)c(F)cc2c1=O. The summed E-state index contributed by atoms with van der Waals surface area (Å²) in [7, 11) is 0. The lowest BCUT2D eigenvalue weighted by Crippen LogP contribution is -2.36. The molecule has 0 atom stereocenters. The Balaban J connectivity index is 2.14. The van der Waals surface area contributed by atoms with E-state index in [-0.39, 0.29) is 5.39 Å². The third kappa shape index (κ3) is 2.36. The van der Waals surface area contributed by atoms with Crippen LogP contribution in [0.5, 0.6) is 0 Å². The predicted octanol–water partition coefficient (Wildman–Crippen LogP) is 1.20. The number of nitrogens with zero attached hydrogens (tertiary/aromatic N) is 1. The molecule has 0 aliphatic carbocycles. The number of pyridine rings is 1. The molecule has 1 aromatic carbocycles. The fourth-order valence-electron chi connectivity index (χ4n) is 2.44. The average Bonchev–Trinajstić information content (AvgIpc) is 2.48. The first-order valence-corrected chi connectivity index (χ1v) is 6.49. The molecule has 7 heteroatoms. The van der Waals surface area contributed by atoms with Gasteiger partial charge in [-0.3, -0.25) is 4.79 Å². The minimum atomic E-state index is -1.34. The molecule has 0 amide bonds. The molecular formula is C14H13FN2O4. The van der Waals surface area contributed by atoms with Crippen LogP contribution in [0.15, 0.2) is 23.1 Å². The Morgan fingerprint density at radius 2 is 2.05 bits per heavy atom. The maximum absolute atomic E-state index is 14.2. The second-order valence-electron chi connectivity index (χ2n) is 4.79. The highest BCUT2D eigenvalue weighted by atomic mass is 19.1. The number of anilines is 1. The summed E-state index contributed by atoms with van der Waals surface area (Å²) in [5.41, 5.74) is -0.304. The summed E-state index contributed by atoms with van der Waals surface area (Å²) in [6.07, 6.45) is 1.13. The maximum atomic E-state index is 14.2. The van der Waals surface area contributed by atoms with Crippen molar-refractivity contribution in [3.63, 3.8) is 0 Å². The molecule has 1 aliphatic rings. The van der Waals surface area contributed by atoms with Gasteiger partial charge in [0.05, 0.1) is 24.4 Å². The normalized spacial score (nSPS) is 15.4. The van der Waals surface area contributed by atoms with Crippen LogP contribution in [-0.4, -0.2) is 42.4 Å². The number of rotatable bonds is 2. The number of H-pyrrole nitrogens is 1. The highest BCUT2D eigenvalue weighted by Gasteiger charge is 2.18. The molecule has 21 heavy (non-hydrogen) atoms. The van der Waals surface area contributed by atoms with Crippen molar-refractivity contribution >= 4 is 22.6 Å². The zero-order chi connectivity index (χ0) is 15.0. The zero-order valence-electron chi connectivity index (χ0n) is 11.1. The van der Waals surface area contributed by atoms with Crippen LogP contribution in [0.1, 0.15) is 10.4 Å². The number of fused-ring (bicyclic) bond motifs is 1. The number of carboxylic acids is 1. The van der Waals surface area contributed by atoms with Gasteiger partial charge < -0.3 is 19.7 Å². The van der Waals surface area contributed by atoms with E-state index in [4.69, 9.17) is 9.84 Å². The standard InChI is InChI=1S/C14H13FN2O4/c15-10-5-8-11(16-7-9(13(8)18)14(19)20)6-12(10)17-1-3-21-4-2-17/h5-7H,1-4H2,(H,16,18)(H,19,20). The van der Waals surface area contributed by atoms with E-state index in [9.17, 15) is 14.0 Å². The van der Waals surface area contributed by atoms with Crippen LogP contribution in [0.25, 0.3) is 10.9 Å². The Labute approximate surface area is 118 Å². The molecule has 110 valence electrons. The van der Waals surface area contributed by atoms with Crippen molar-refractivity contribution in [1.29, 1.82) is 0 Å². The third-order valence-corrected chi connectivity index (χ3v) is 3.53. The number of carboxylic acid groups (broad SMARTS) is 1. The van der Waals surface area contributed by atoms with Gasteiger partial charge in [0.15, 0.2) is 0 Å². The molecule has 3 rings (SSSR count). The monoisotopic (exact) mass is 292 g/mol. The molecule has 0 saturated carbocycles. The van der Waals surface area contributed by atoms with E-state index in [1.165, 1.54) is 6.07 Å². The number of morpholine rings is 1. The van der Waals surface area contributed by atoms with E-state index in [1.807, 2.05) is 4.90 Å². The Bertz CT molecular complexity index is 765. The van der Waals surface area contributed by atoms with Crippen LogP contribution in [0.4, 0.5) is 10.1 Å². The Morgan fingerprint density at radius 3 is 2.71 bits per heavy atom. The Morgan fingerprint density at radius 1 is 1.33 bits per heavy atom. The Hall–Kier alpha value is -2.41. The van der Waals surface area contributed by atoms with Crippen molar-refractivity contribution in [3.05, 3.63) is 39.9 Å². The summed E-state index contributed by atoms with van der Waals surface area (Å²) in [6, 6.07) is 2.62. The van der Waals surface area contributed by atoms with Gasteiger partial charge in [-0.15, -0.1) is 0 Å². The molecular weight excluding hydrogens is 279 g/mol. The fourth-order valence-corrected chi connectivity index (χ4v) is 2.44. The summed E-state index contributed by atoms with van der Waals surface area (Å²) in [5, 5.41) is 8.95. The van der Waals surface area contributed by atoms with Crippen LogP contribution >= 0.6 is 0 Å². The second-order valence-corrected chi connectivity index (χ2v) is 4.79. The maximum Gasteiger partial charge on any atom is 0.341 e. The van der Waals surface area contributed by atoms with E-state index in [0.29, 0.717) is 37.5 Å². The van der Waals surface area contributed by atoms with Gasteiger partial charge in [-0.05, 0) is 12.1 Å². The van der Waals surface area contributed by atoms with Gasteiger partial charge >= 0.3 is 5.97 Å². The number of ether oxygens (including phenoxy) is 1. The summed E-state index contributed by atoms with van der Waals surface area (Å²) in [4.78, 5) is 27.5. The second kappa shape index (κ2) is 5.17. The number of halogens is 1. The van der Waals surface area contributed by atoms with Crippen molar-refractivity contribution < 1.29 is 19.0 Å². The van der Waals surface area contributed by atoms with Gasteiger partial charge in [-0.2, -0.15) is 0 Å². The minimum Gasteiger partial charge on any atom is -0.477 e. The number of hydrogen-bond acceptors (Lipinski definition) is 4.